The topological polar surface area (TPSA) is 34.2 Å². The molecule has 2 heterocycles. The maximum absolute atomic E-state index is 5.55. The lowest BCUT2D eigenvalue weighted by atomic mass is 9.76. The number of hydrogen-bond acceptors (Lipinski definition) is 4. The van der Waals surface area contributed by atoms with Crippen LogP contribution in [0.5, 0.6) is 0 Å². The standard InChI is InChI=1S/C15H26N2OS/c1-12(2)9-16-11-15(4-6-18-7-5-15)8-14-10-19-13(3)17-14/h10,12,16H,4-9,11H2,1-3H3. The molecule has 0 amide bonds. The van der Waals surface area contributed by atoms with Gasteiger partial charge in [0.2, 0.25) is 0 Å². The van der Waals surface area contributed by atoms with Crippen LogP contribution in [0.1, 0.15) is 37.4 Å². The molecule has 1 aliphatic heterocycles. The molecule has 0 radical (unpaired) electrons. The van der Waals surface area contributed by atoms with Crippen molar-refractivity contribution in [1.82, 2.24) is 10.3 Å². The van der Waals surface area contributed by atoms with E-state index in [-0.39, 0.29) is 0 Å². The smallest absolute Gasteiger partial charge is 0.0897 e. The molecule has 0 saturated carbocycles. The molecule has 1 N–H and O–H groups in total. The van der Waals surface area contributed by atoms with E-state index in [1.165, 1.54) is 10.7 Å². The first-order valence-corrected chi connectivity index (χ1v) is 8.17. The van der Waals surface area contributed by atoms with Crippen molar-refractivity contribution in [3.05, 3.63) is 16.1 Å². The molecule has 2 rings (SSSR count). The van der Waals surface area contributed by atoms with Gasteiger partial charge in [-0.1, -0.05) is 13.8 Å². The molecule has 0 bridgehead atoms. The SMILES string of the molecule is Cc1nc(CC2(CNCC(C)C)CCOCC2)cs1. The third kappa shape index (κ3) is 4.55. The fourth-order valence-corrected chi connectivity index (χ4v) is 3.33. The number of hydrogen-bond donors (Lipinski definition) is 1. The second kappa shape index (κ2) is 6.82. The molecule has 1 aliphatic rings. The van der Waals surface area contributed by atoms with E-state index in [0.717, 1.165) is 45.6 Å². The Bertz CT molecular complexity index is 383. The lowest BCUT2D eigenvalue weighted by Crippen LogP contribution is -2.41. The second-order valence-electron chi connectivity index (χ2n) is 6.17. The van der Waals surface area contributed by atoms with Crippen molar-refractivity contribution in [3.8, 4) is 0 Å². The summed E-state index contributed by atoms with van der Waals surface area (Å²) in [4.78, 5) is 4.64. The Labute approximate surface area is 120 Å². The van der Waals surface area contributed by atoms with Gasteiger partial charge in [-0.25, -0.2) is 4.98 Å². The van der Waals surface area contributed by atoms with Crippen molar-refractivity contribution in [3.63, 3.8) is 0 Å². The third-order valence-corrected chi connectivity index (χ3v) is 4.65. The quantitative estimate of drug-likeness (QED) is 0.871. The lowest BCUT2D eigenvalue weighted by Gasteiger charge is -2.37. The summed E-state index contributed by atoms with van der Waals surface area (Å²) in [5.41, 5.74) is 1.60. The van der Waals surface area contributed by atoms with Crippen LogP contribution in [0.15, 0.2) is 5.38 Å². The molecule has 4 heteroatoms. The van der Waals surface area contributed by atoms with Crippen molar-refractivity contribution < 1.29 is 4.74 Å². The minimum atomic E-state index is 0.341. The zero-order chi connectivity index (χ0) is 13.7. The average molecular weight is 282 g/mol. The second-order valence-corrected chi connectivity index (χ2v) is 7.23. The Balaban J connectivity index is 1.97. The summed E-state index contributed by atoms with van der Waals surface area (Å²) in [5.74, 6) is 0.707. The Morgan fingerprint density at radius 3 is 2.74 bits per heavy atom. The minimum absolute atomic E-state index is 0.341. The number of thiazole rings is 1. The van der Waals surface area contributed by atoms with E-state index in [9.17, 15) is 0 Å². The summed E-state index contributed by atoms with van der Waals surface area (Å²) in [6.45, 7) is 10.6. The predicted octanol–water partition coefficient (Wildman–Crippen LogP) is 3.04. The van der Waals surface area contributed by atoms with E-state index in [1.54, 1.807) is 11.3 Å². The molecule has 1 aromatic rings. The van der Waals surface area contributed by atoms with E-state index in [2.05, 4.69) is 36.5 Å². The summed E-state index contributed by atoms with van der Waals surface area (Å²) < 4.78 is 5.55. The number of aryl methyl sites for hydroxylation is 1. The summed E-state index contributed by atoms with van der Waals surface area (Å²) in [6.07, 6.45) is 3.38. The molecule has 3 nitrogen and oxygen atoms in total. The van der Waals surface area contributed by atoms with Crippen molar-refractivity contribution in [2.45, 2.75) is 40.0 Å². The lowest BCUT2D eigenvalue weighted by molar-refractivity contribution is 0.0143. The first kappa shape index (κ1) is 14.9. The van der Waals surface area contributed by atoms with E-state index in [0.29, 0.717) is 11.3 Å². The summed E-state index contributed by atoms with van der Waals surface area (Å²) in [5, 5.41) is 7.03. The van der Waals surface area contributed by atoms with Crippen LogP contribution in [-0.4, -0.2) is 31.3 Å². The maximum atomic E-state index is 5.55. The van der Waals surface area contributed by atoms with Crippen molar-refractivity contribution in [2.24, 2.45) is 11.3 Å². The highest BCUT2D eigenvalue weighted by Gasteiger charge is 2.33. The Morgan fingerprint density at radius 2 is 2.16 bits per heavy atom. The Hall–Kier alpha value is -0.450. The molecule has 0 aromatic carbocycles. The molecule has 0 spiro atoms. The molecule has 1 saturated heterocycles. The summed E-state index contributed by atoms with van der Waals surface area (Å²) in [6, 6.07) is 0. The van der Waals surface area contributed by atoms with Gasteiger partial charge >= 0.3 is 0 Å². The molecular weight excluding hydrogens is 256 g/mol. The number of nitrogens with one attached hydrogen (secondary N) is 1. The van der Waals surface area contributed by atoms with Gasteiger partial charge in [0, 0.05) is 25.1 Å². The van der Waals surface area contributed by atoms with Crippen LogP contribution in [0.25, 0.3) is 0 Å². The normalized spacial score (nSPS) is 18.9. The first-order chi connectivity index (χ1) is 9.10. The van der Waals surface area contributed by atoms with Crippen LogP contribution in [0, 0.1) is 18.3 Å². The first-order valence-electron chi connectivity index (χ1n) is 7.29. The number of ether oxygens (including phenoxy) is 1. The van der Waals surface area contributed by atoms with Crippen LogP contribution in [-0.2, 0) is 11.2 Å². The van der Waals surface area contributed by atoms with E-state index in [1.807, 2.05) is 0 Å². The third-order valence-electron chi connectivity index (χ3n) is 3.83. The number of rotatable bonds is 6. The Morgan fingerprint density at radius 1 is 1.42 bits per heavy atom. The van der Waals surface area contributed by atoms with Crippen LogP contribution in [0.3, 0.4) is 0 Å². The minimum Gasteiger partial charge on any atom is -0.381 e. The number of nitrogens with zero attached hydrogens (tertiary/aromatic N) is 1. The largest absolute Gasteiger partial charge is 0.381 e. The van der Waals surface area contributed by atoms with Gasteiger partial charge in [-0.2, -0.15) is 0 Å². The van der Waals surface area contributed by atoms with Gasteiger partial charge in [-0.05, 0) is 44.1 Å². The van der Waals surface area contributed by atoms with Gasteiger partial charge in [0.15, 0.2) is 0 Å². The van der Waals surface area contributed by atoms with Gasteiger partial charge in [0.1, 0.15) is 0 Å². The molecule has 1 fully saturated rings. The van der Waals surface area contributed by atoms with E-state index in [4.69, 9.17) is 4.74 Å². The average Bonchev–Trinajstić information content (AvgIpc) is 2.75. The molecule has 1 aromatic heterocycles. The number of aromatic nitrogens is 1. The maximum Gasteiger partial charge on any atom is 0.0897 e. The summed E-state index contributed by atoms with van der Waals surface area (Å²) in [7, 11) is 0. The fourth-order valence-electron chi connectivity index (χ4n) is 2.72. The Kier molecular flexibility index (Phi) is 5.37. The molecule has 108 valence electrons. The van der Waals surface area contributed by atoms with E-state index < -0.39 is 0 Å². The van der Waals surface area contributed by atoms with Crippen LogP contribution >= 0.6 is 11.3 Å². The van der Waals surface area contributed by atoms with Gasteiger partial charge in [-0.3, -0.25) is 0 Å². The van der Waals surface area contributed by atoms with Crippen LogP contribution in [0.4, 0.5) is 0 Å². The van der Waals surface area contributed by atoms with Crippen molar-refractivity contribution >= 4 is 11.3 Å². The van der Waals surface area contributed by atoms with Gasteiger partial charge in [0.05, 0.1) is 10.7 Å². The highest BCUT2D eigenvalue weighted by atomic mass is 32.1. The molecule has 0 unspecified atom stereocenters. The van der Waals surface area contributed by atoms with Crippen molar-refractivity contribution in [1.29, 1.82) is 0 Å². The van der Waals surface area contributed by atoms with Gasteiger partial charge in [-0.15, -0.1) is 11.3 Å². The van der Waals surface area contributed by atoms with Gasteiger partial charge in [0.25, 0.3) is 0 Å². The monoisotopic (exact) mass is 282 g/mol. The molecule has 0 aliphatic carbocycles. The molecule has 0 atom stereocenters. The fraction of sp³-hybridized carbons (Fsp3) is 0.800. The predicted molar refractivity (Wildman–Crippen MR) is 80.7 cm³/mol. The molecular formula is C15H26N2OS. The zero-order valence-electron chi connectivity index (χ0n) is 12.4. The zero-order valence-corrected chi connectivity index (χ0v) is 13.2. The van der Waals surface area contributed by atoms with E-state index >= 15 is 0 Å². The highest BCUT2D eigenvalue weighted by molar-refractivity contribution is 7.09. The molecule has 19 heavy (non-hydrogen) atoms. The van der Waals surface area contributed by atoms with Crippen LogP contribution in [0.2, 0.25) is 0 Å². The highest BCUT2D eigenvalue weighted by Crippen LogP contribution is 2.34. The van der Waals surface area contributed by atoms with Gasteiger partial charge < -0.3 is 10.1 Å². The summed E-state index contributed by atoms with van der Waals surface area (Å²) >= 11 is 1.76. The van der Waals surface area contributed by atoms with Crippen LogP contribution < -0.4 is 5.32 Å². The van der Waals surface area contributed by atoms with Crippen molar-refractivity contribution in [2.75, 3.05) is 26.3 Å².